The molecule has 3 rings (SSSR count). The van der Waals surface area contributed by atoms with Crippen LogP contribution < -0.4 is 10.4 Å². The van der Waals surface area contributed by atoms with Crippen LogP contribution in [0.5, 0.6) is 0 Å². The summed E-state index contributed by atoms with van der Waals surface area (Å²) in [5.74, 6) is 0. The van der Waals surface area contributed by atoms with Gasteiger partial charge >= 0.3 is 0 Å². The van der Waals surface area contributed by atoms with E-state index >= 15 is 0 Å². The van der Waals surface area contributed by atoms with Gasteiger partial charge in [0.05, 0.1) is 19.4 Å². The lowest BCUT2D eigenvalue weighted by molar-refractivity contribution is 0.118. The molecule has 0 fully saturated rings. The summed E-state index contributed by atoms with van der Waals surface area (Å²) in [7, 11) is -4.50. The zero-order chi connectivity index (χ0) is 29.4. The highest BCUT2D eigenvalue weighted by atomic mass is 28.4. The minimum atomic E-state index is -2.72. The maximum Gasteiger partial charge on any atom is 0.261 e. The second-order valence-corrected chi connectivity index (χ2v) is 22.1. The summed E-state index contributed by atoms with van der Waals surface area (Å²) in [5, 5.41) is 17.2. The Morgan fingerprint density at radius 3 is 1.62 bits per heavy atom. The van der Waals surface area contributed by atoms with Crippen molar-refractivity contribution >= 4 is 33.2 Å². The number of hydrogen-bond donors (Lipinski definition) is 1. The van der Waals surface area contributed by atoms with Crippen LogP contribution in [0.1, 0.15) is 52.7 Å². The van der Waals surface area contributed by atoms with Gasteiger partial charge in [0.15, 0.2) is 8.32 Å². The second kappa shape index (κ2) is 13.4. The summed E-state index contributed by atoms with van der Waals surface area (Å²) in [6.07, 6.45) is 0.524. The number of hydrogen-bond acceptors (Lipinski definition) is 5. The molecule has 3 aromatic rings. The normalized spacial score (nSPS) is 13.9. The van der Waals surface area contributed by atoms with Gasteiger partial charge in [0.2, 0.25) is 0 Å². The largest absolute Gasteiger partial charge is 0.413 e. The molecule has 1 N–H and O–H groups in total. The topological polar surface area (TPSA) is 60.3 Å². The molecule has 0 saturated carbocycles. The molecule has 0 aliphatic rings. The Bertz CT molecular complexity index is 1160. The fourth-order valence-corrected chi connectivity index (χ4v) is 9.99. The van der Waals surface area contributed by atoms with E-state index in [-0.39, 0.29) is 16.7 Å². The molecule has 40 heavy (non-hydrogen) atoms. The lowest BCUT2D eigenvalue weighted by Crippen LogP contribution is -2.67. The van der Waals surface area contributed by atoms with Crippen LogP contribution >= 0.6 is 0 Å². The van der Waals surface area contributed by atoms with E-state index in [0.717, 1.165) is 11.1 Å². The molecule has 1 atom stereocenters. The lowest BCUT2D eigenvalue weighted by Gasteiger charge is -2.43. The third-order valence-corrected chi connectivity index (χ3v) is 17.3. The predicted octanol–water partition coefficient (Wildman–Crippen LogP) is 6.65. The first-order valence-electron chi connectivity index (χ1n) is 14.1. The SMILES string of the molecule is CC(C)(C)[Si](C)(C)OCc1ccc(CO/N=C/[C@H](O)CO[Si](c2ccccc2)(c2ccccc2)C(C)(C)C)cc1. The average Bonchev–Trinajstić information content (AvgIpc) is 2.91. The Morgan fingerprint density at radius 1 is 0.700 bits per heavy atom. The van der Waals surface area contributed by atoms with Crippen LogP contribution in [0.2, 0.25) is 23.2 Å². The molecule has 0 heterocycles. The fourth-order valence-electron chi connectivity index (χ4n) is 4.45. The Morgan fingerprint density at radius 2 is 1.18 bits per heavy atom. The van der Waals surface area contributed by atoms with Crippen LogP contribution in [0.15, 0.2) is 90.1 Å². The van der Waals surface area contributed by atoms with Gasteiger partial charge < -0.3 is 18.8 Å². The average molecular weight is 578 g/mol. The van der Waals surface area contributed by atoms with Gasteiger partial charge in [-0.3, -0.25) is 0 Å². The first kappa shape index (κ1) is 32.0. The summed E-state index contributed by atoms with van der Waals surface area (Å²) in [6.45, 7) is 19.0. The first-order valence-corrected chi connectivity index (χ1v) is 18.9. The Hall–Kier alpha value is -2.56. The third-order valence-electron chi connectivity index (χ3n) is 7.85. The van der Waals surface area contributed by atoms with E-state index in [1.165, 1.54) is 16.6 Å². The van der Waals surface area contributed by atoms with Gasteiger partial charge in [-0.05, 0) is 44.7 Å². The molecule has 0 aromatic heterocycles. The van der Waals surface area contributed by atoms with Crippen molar-refractivity contribution in [2.24, 2.45) is 5.16 Å². The van der Waals surface area contributed by atoms with Gasteiger partial charge in [0.1, 0.15) is 12.7 Å². The second-order valence-electron chi connectivity index (χ2n) is 12.9. The van der Waals surface area contributed by atoms with Crippen molar-refractivity contribution < 1.29 is 18.8 Å². The fraction of sp³-hybridized carbons (Fsp3) is 0.424. The molecule has 7 heteroatoms. The molecule has 0 saturated heterocycles. The quantitative estimate of drug-likeness (QED) is 0.149. The van der Waals surface area contributed by atoms with E-state index in [1.54, 1.807) is 0 Å². The Labute approximate surface area is 243 Å². The molecule has 0 bridgehead atoms. The van der Waals surface area contributed by atoms with Crippen LogP contribution in [0.25, 0.3) is 0 Å². The molecule has 0 unspecified atom stereocenters. The van der Waals surface area contributed by atoms with Gasteiger partial charge in [-0.25, -0.2) is 0 Å². The van der Waals surface area contributed by atoms with E-state index in [0.29, 0.717) is 13.2 Å². The molecule has 216 valence electrons. The van der Waals surface area contributed by atoms with Gasteiger partial charge in [0, 0.05) is 0 Å². The zero-order valence-corrected chi connectivity index (χ0v) is 27.5. The standard InChI is InChI=1S/C33H47NO4Si2/c1-32(2,3)39(7,8)37-25-28-21-19-27(20-22-28)24-36-34-23-29(35)26-38-40(33(4,5)6,30-15-11-9-12-16-30)31-17-13-10-14-18-31/h9-23,29,35H,24-26H2,1-8H3/b34-23+/t29-/m0/s1. The molecule has 0 aliphatic carbocycles. The molecule has 0 aliphatic heterocycles. The van der Waals surface area contributed by atoms with Crippen LogP contribution in [0.4, 0.5) is 0 Å². The van der Waals surface area contributed by atoms with Crippen molar-refractivity contribution in [1.82, 2.24) is 0 Å². The van der Waals surface area contributed by atoms with Crippen LogP contribution in [0.3, 0.4) is 0 Å². The van der Waals surface area contributed by atoms with Crippen molar-refractivity contribution in [2.45, 2.75) is 84.0 Å². The molecule has 5 nitrogen and oxygen atoms in total. The highest BCUT2D eigenvalue weighted by molar-refractivity contribution is 6.99. The molecule has 0 spiro atoms. The summed E-state index contributed by atoms with van der Waals surface area (Å²) < 4.78 is 13.1. The van der Waals surface area contributed by atoms with Gasteiger partial charge in [-0.2, -0.15) is 0 Å². The number of benzene rings is 3. The summed E-state index contributed by atoms with van der Waals surface area (Å²) in [4.78, 5) is 5.50. The van der Waals surface area contributed by atoms with E-state index in [1.807, 2.05) is 24.3 Å². The van der Waals surface area contributed by atoms with Crippen molar-refractivity contribution in [3.05, 3.63) is 96.1 Å². The molecule has 0 radical (unpaired) electrons. The molecular formula is C33H47NO4Si2. The molecule has 0 amide bonds. The van der Waals surface area contributed by atoms with Crippen LogP contribution in [-0.2, 0) is 26.9 Å². The van der Waals surface area contributed by atoms with E-state index in [4.69, 9.17) is 13.7 Å². The lowest BCUT2D eigenvalue weighted by atomic mass is 10.1. The van der Waals surface area contributed by atoms with E-state index in [2.05, 4.69) is 120 Å². The summed E-state index contributed by atoms with van der Waals surface area (Å²) >= 11 is 0. The highest BCUT2D eigenvalue weighted by Crippen LogP contribution is 2.38. The Balaban J connectivity index is 1.59. The van der Waals surface area contributed by atoms with Crippen molar-refractivity contribution in [3.8, 4) is 0 Å². The summed E-state index contributed by atoms with van der Waals surface area (Å²) in [6, 6.07) is 29.0. The maximum atomic E-state index is 10.7. The number of oxime groups is 1. The number of rotatable bonds is 12. The van der Waals surface area contributed by atoms with Gasteiger partial charge in [0.25, 0.3) is 8.32 Å². The Kier molecular flexibility index (Phi) is 10.7. The minimum Gasteiger partial charge on any atom is -0.413 e. The first-order chi connectivity index (χ1) is 18.8. The molecular weight excluding hydrogens is 531 g/mol. The van der Waals surface area contributed by atoms with Gasteiger partial charge in [-0.15, -0.1) is 0 Å². The monoisotopic (exact) mass is 577 g/mol. The van der Waals surface area contributed by atoms with Crippen molar-refractivity contribution in [3.63, 3.8) is 0 Å². The van der Waals surface area contributed by atoms with Crippen LogP contribution in [0, 0.1) is 0 Å². The zero-order valence-electron chi connectivity index (χ0n) is 25.5. The van der Waals surface area contributed by atoms with Crippen LogP contribution in [-0.4, -0.2) is 40.7 Å². The predicted molar refractivity (Wildman–Crippen MR) is 171 cm³/mol. The van der Waals surface area contributed by atoms with E-state index in [9.17, 15) is 5.11 Å². The maximum absolute atomic E-state index is 10.7. The smallest absolute Gasteiger partial charge is 0.261 e. The molecule has 3 aromatic carbocycles. The third kappa shape index (κ3) is 8.01. The van der Waals surface area contributed by atoms with Crippen molar-refractivity contribution in [1.29, 1.82) is 0 Å². The van der Waals surface area contributed by atoms with Gasteiger partial charge in [-0.1, -0.05) is 132 Å². The highest BCUT2D eigenvalue weighted by Gasteiger charge is 2.50. The number of aliphatic hydroxyl groups is 1. The van der Waals surface area contributed by atoms with Crippen molar-refractivity contribution in [2.75, 3.05) is 6.61 Å². The number of nitrogens with zero attached hydrogens (tertiary/aromatic N) is 1. The number of aliphatic hydroxyl groups excluding tert-OH is 1. The minimum absolute atomic E-state index is 0.128. The summed E-state index contributed by atoms with van der Waals surface area (Å²) in [5.41, 5.74) is 2.15. The van der Waals surface area contributed by atoms with E-state index < -0.39 is 22.7 Å².